The van der Waals surface area contributed by atoms with Gasteiger partial charge in [-0.15, -0.1) is 0 Å². The maximum atomic E-state index is 12.6. The number of hydrogen-bond donors (Lipinski definition) is 2. The van der Waals surface area contributed by atoms with Crippen LogP contribution in [0.15, 0.2) is 42.7 Å². The zero-order valence-electron chi connectivity index (χ0n) is 22.1. The molecule has 1 saturated carbocycles. The van der Waals surface area contributed by atoms with E-state index in [1.807, 2.05) is 52.5 Å². The summed E-state index contributed by atoms with van der Waals surface area (Å²) in [6, 6.07) is 9.98. The van der Waals surface area contributed by atoms with Crippen LogP contribution in [0.1, 0.15) is 53.2 Å². The minimum absolute atomic E-state index is 0.0234. The van der Waals surface area contributed by atoms with Gasteiger partial charge in [0.2, 0.25) is 15.8 Å². The van der Waals surface area contributed by atoms with E-state index in [1.54, 1.807) is 6.20 Å². The molecule has 1 unspecified atom stereocenters. The summed E-state index contributed by atoms with van der Waals surface area (Å²) in [5.74, 6) is 0.974. The predicted octanol–water partition coefficient (Wildman–Crippen LogP) is 2.35. The first-order valence-corrected chi connectivity index (χ1v) is 14.8. The fourth-order valence-corrected chi connectivity index (χ4v) is 6.36. The van der Waals surface area contributed by atoms with E-state index in [4.69, 9.17) is 14.8 Å². The first-order valence-electron chi connectivity index (χ1n) is 13.2. The summed E-state index contributed by atoms with van der Waals surface area (Å²) in [5.41, 5.74) is 6.36. The van der Waals surface area contributed by atoms with Gasteiger partial charge in [-0.2, -0.15) is 9.40 Å². The van der Waals surface area contributed by atoms with Crippen molar-refractivity contribution in [1.82, 2.24) is 33.8 Å². The van der Waals surface area contributed by atoms with Crippen molar-refractivity contribution >= 4 is 15.8 Å². The second kappa shape index (κ2) is 10.4. The Morgan fingerprint density at radius 3 is 2.74 bits per heavy atom. The highest BCUT2D eigenvalue weighted by atomic mass is 32.2. The molecule has 6 rings (SSSR count). The molecule has 0 amide bonds. The third kappa shape index (κ3) is 5.35. The maximum Gasteiger partial charge on any atom is 0.234 e. The molecule has 39 heavy (non-hydrogen) atoms. The fourth-order valence-electron chi connectivity index (χ4n) is 5.04. The van der Waals surface area contributed by atoms with Gasteiger partial charge in [-0.3, -0.25) is 14.4 Å². The lowest BCUT2D eigenvalue weighted by Gasteiger charge is -2.26. The first-order chi connectivity index (χ1) is 18.8. The summed E-state index contributed by atoms with van der Waals surface area (Å²) in [7, 11) is -1.87. The normalized spacial score (nSPS) is 17.0. The Hall–Kier alpha value is -3.16. The van der Waals surface area contributed by atoms with Crippen LogP contribution < -0.4 is 5.32 Å². The molecule has 4 aromatic rings. The van der Waals surface area contributed by atoms with Gasteiger partial charge in [0.15, 0.2) is 0 Å². The fraction of sp³-hybridized carbons (Fsp3) is 0.444. The lowest BCUT2D eigenvalue weighted by Crippen LogP contribution is -2.40. The number of imidazole rings is 1. The van der Waals surface area contributed by atoms with Crippen molar-refractivity contribution in [3.63, 3.8) is 0 Å². The SMILES string of the molecule is COCCS(=O)(=O)N1CCn2nc(-c3ccc(CNC(O)c4c(C5CC5)nc5ncc(C)cn45)cc3)cc2C1. The molecule has 1 aliphatic heterocycles. The number of ether oxygens (including phenoxy) is 1. The number of aryl methyl sites for hydroxylation is 1. The summed E-state index contributed by atoms with van der Waals surface area (Å²) >= 11 is 0. The molecule has 206 valence electrons. The number of methoxy groups -OCH3 is 1. The number of rotatable bonds is 10. The average Bonchev–Trinajstić information content (AvgIpc) is 3.58. The van der Waals surface area contributed by atoms with E-state index >= 15 is 0 Å². The monoisotopic (exact) mass is 551 g/mol. The summed E-state index contributed by atoms with van der Waals surface area (Å²) in [5, 5.41) is 19.1. The minimum Gasteiger partial charge on any atom is -0.384 e. The second-order valence-corrected chi connectivity index (χ2v) is 12.4. The van der Waals surface area contributed by atoms with Crippen molar-refractivity contribution in [2.45, 2.75) is 51.5 Å². The second-order valence-electron chi connectivity index (χ2n) is 10.3. The van der Waals surface area contributed by atoms with Crippen LogP contribution in [0.4, 0.5) is 0 Å². The van der Waals surface area contributed by atoms with Crippen LogP contribution in [-0.4, -0.2) is 68.0 Å². The van der Waals surface area contributed by atoms with Gasteiger partial charge in [-0.1, -0.05) is 24.3 Å². The van der Waals surface area contributed by atoms with Crippen LogP contribution in [0.3, 0.4) is 0 Å². The van der Waals surface area contributed by atoms with Crippen molar-refractivity contribution in [2.24, 2.45) is 0 Å². The zero-order chi connectivity index (χ0) is 27.1. The van der Waals surface area contributed by atoms with Crippen molar-refractivity contribution in [3.05, 3.63) is 70.9 Å². The number of aliphatic hydroxyl groups excluding tert-OH is 1. The zero-order valence-corrected chi connectivity index (χ0v) is 22.9. The highest BCUT2D eigenvalue weighted by molar-refractivity contribution is 7.89. The Bertz CT molecular complexity index is 1590. The molecule has 1 fully saturated rings. The third-order valence-electron chi connectivity index (χ3n) is 7.35. The molecule has 0 bridgehead atoms. The van der Waals surface area contributed by atoms with Crippen LogP contribution in [-0.2, 0) is 34.4 Å². The van der Waals surface area contributed by atoms with Gasteiger partial charge in [0.1, 0.15) is 6.23 Å². The standard InChI is InChI=1S/C27H33N7O4S/c1-18-14-29-27-30-24(21-7-8-21)25(33(27)16-18)26(35)28-15-19-3-5-20(6-4-19)23-13-22-17-32(9-10-34(22)31-23)39(36,37)12-11-38-2/h3-6,13-14,16,21,26,28,35H,7-12,15,17H2,1-2H3. The first kappa shape index (κ1) is 26.1. The molecule has 0 saturated heterocycles. The number of nitrogens with zero attached hydrogens (tertiary/aromatic N) is 6. The molecule has 1 aliphatic carbocycles. The van der Waals surface area contributed by atoms with Crippen LogP contribution in [0, 0.1) is 6.92 Å². The smallest absolute Gasteiger partial charge is 0.234 e. The molecular weight excluding hydrogens is 518 g/mol. The number of aromatic nitrogens is 5. The number of sulfonamides is 1. The highest BCUT2D eigenvalue weighted by Crippen LogP contribution is 2.42. The number of benzene rings is 1. The molecule has 0 spiro atoms. The largest absolute Gasteiger partial charge is 0.384 e. The molecule has 11 nitrogen and oxygen atoms in total. The Kier molecular flexibility index (Phi) is 6.98. The lowest BCUT2D eigenvalue weighted by molar-refractivity contribution is 0.130. The van der Waals surface area contributed by atoms with Crippen molar-refractivity contribution < 1.29 is 18.3 Å². The van der Waals surface area contributed by atoms with Gasteiger partial charge in [0, 0.05) is 44.1 Å². The van der Waals surface area contributed by atoms with E-state index in [2.05, 4.69) is 10.3 Å². The van der Waals surface area contributed by atoms with E-state index in [0.29, 0.717) is 37.9 Å². The molecule has 1 atom stereocenters. The van der Waals surface area contributed by atoms with Crippen LogP contribution in [0.25, 0.3) is 17.0 Å². The summed E-state index contributed by atoms with van der Waals surface area (Å²) in [6.07, 6.45) is 5.06. The summed E-state index contributed by atoms with van der Waals surface area (Å²) < 4.78 is 35.4. The van der Waals surface area contributed by atoms with E-state index in [9.17, 15) is 13.5 Å². The van der Waals surface area contributed by atoms with Crippen molar-refractivity contribution in [3.8, 4) is 11.3 Å². The number of aliphatic hydroxyl groups is 1. The van der Waals surface area contributed by atoms with Gasteiger partial charge in [-0.25, -0.2) is 18.4 Å². The molecule has 3 aromatic heterocycles. The van der Waals surface area contributed by atoms with Crippen LogP contribution >= 0.6 is 0 Å². The average molecular weight is 552 g/mol. The summed E-state index contributed by atoms with van der Waals surface area (Å²) in [6.45, 7) is 3.86. The van der Waals surface area contributed by atoms with Gasteiger partial charge in [0.25, 0.3) is 0 Å². The quantitative estimate of drug-likeness (QED) is 0.288. The Morgan fingerprint density at radius 1 is 1.21 bits per heavy atom. The van der Waals surface area contributed by atoms with Gasteiger partial charge in [0.05, 0.1) is 48.2 Å². The maximum absolute atomic E-state index is 12.6. The van der Waals surface area contributed by atoms with E-state index in [-0.39, 0.29) is 12.4 Å². The molecule has 12 heteroatoms. The minimum atomic E-state index is -3.37. The Morgan fingerprint density at radius 2 is 2.00 bits per heavy atom. The summed E-state index contributed by atoms with van der Waals surface area (Å²) in [4.78, 5) is 9.13. The van der Waals surface area contributed by atoms with Gasteiger partial charge >= 0.3 is 0 Å². The lowest BCUT2D eigenvalue weighted by atomic mass is 10.1. The highest BCUT2D eigenvalue weighted by Gasteiger charge is 2.33. The number of nitrogens with one attached hydrogen (secondary N) is 1. The van der Waals surface area contributed by atoms with Gasteiger partial charge in [-0.05, 0) is 37.0 Å². The number of hydrogen-bond acceptors (Lipinski definition) is 8. The molecule has 1 aromatic carbocycles. The molecule has 0 radical (unpaired) electrons. The van der Waals surface area contributed by atoms with Crippen molar-refractivity contribution in [1.29, 1.82) is 0 Å². The van der Waals surface area contributed by atoms with E-state index < -0.39 is 16.3 Å². The number of fused-ring (bicyclic) bond motifs is 2. The topological polar surface area (TPSA) is 127 Å². The van der Waals surface area contributed by atoms with Gasteiger partial charge < -0.3 is 9.84 Å². The molecule has 2 aliphatic rings. The van der Waals surface area contributed by atoms with Crippen molar-refractivity contribution in [2.75, 3.05) is 26.0 Å². The van der Waals surface area contributed by atoms with Crippen LogP contribution in [0.5, 0.6) is 0 Å². The molecule has 2 N–H and O–H groups in total. The predicted molar refractivity (Wildman–Crippen MR) is 145 cm³/mol. The Balaban J connectivity index is 1.13. The molecular formula is C27H33N7O4S. The van der Waals surface area contributed by atoms with E-state index in [0.717, 1.165) is 52.3 Å². The Labute approximate surface area is 227 Å². The third-order valence-corrected chi connectivity index (χ3v) is 9.13. The van der Waals surface area contributed by atoms with E-state index in [1.165, 1.54) is 11.4 Å². The van der Waals surface area contributed by atoms with Crippen LogP contribution in [0.2, 0.25) is 0 Å². The molecule has 4 heterocycles.